The predicted octanol–water partition coefficient (Wildman–Crippen LogP) is 3.80. The number of nitrogens with zero attached hydrogens (tertiary/aromatic N) is 3. The van der Waals surface area contributed by atoms with Crippen molar-refractivity contribution in [1.82, 2.24) is 20.2 Å². The van der Waals surface area contributed by atoms with Gasteiger partial charge >= 0.3 is 0 Å². The van der Waals surface area contributed by atoms with Gasteiger partial charge in [0.1, 0.15) is 5.69 Å². The fourth-order valence-corrected chi connectivity index (χ4v) is 4.80. The highest BCUT2D eigenvalue weighted by molar-refractivity contribution is 7.13. The summed E-state index contributed by atoms with van der Waals surface area (Å²) < 4.78 is 0. The normalized spacial score (nSPS) is 18.4. The van der Waals surface area contributed by atoms with Crippen LogP contribution in [-0.4, -0.2) is 45.8 Å². The third-order valence-corrected chi connectivity index (χ3v) is 6.55. The molecule has 31 heavy (non-hydrogen) atoms. The molecule has 1 fully saturated rings. The third-order valence-electron chi connectivity index (χ3n) is 5.63. The molecule has 0 bridgehead atoms. The van der Waals surface area contributed by atoms with E-state index in [9.17, 15) is 9.59 Å². The van der Waals surface area contributed by atoms with Gasteiger partial charge in [0, 0.05) is 36.4 Å². The van der Waals surface area contributed by atoms with Crippen molar-refractivity contribution in [3.05, 3.63) is 71.6 Å². The molecule has 7 heteroatoms. The van der Waals surface area contributed by atoms with E-state index < -0.39 is 5.41 Å². The van der Waals surface area contributed by atoms with Gasteiger partial charge in [-0.2, -0.15) is 0 Å². The van der Waals surface area contributed by atoms with Crippen LogP contribution in [0, 0.1) is 5.41 Å². The first-order chi connectivity index (χ1) is 15.0. The van der Waals surface area contributed by atoms with Crippen LogP contribution in [0.15, 0.2) is 60.4 Å². The maximum absolute atomic E-state index is 13.3. The van der Waals surface area contributed by atoms with E-state index in [1.165, 1.54) is 22.8 Å². The molecule has 0 aliphatic carbocycles. The van der Waals surface area contributed by atoms with Crippen molar-refractivity contribution in [2.24, 2.45) is 5.41 Å². The molecule has 1 N–H and O–H groups in total. The van der Waals surface area contributed by atoms with Gasteiger partial charge in [0.2, 0.25) is 5.91 Å². The average Bonchev–Trinajstić information content (AvgIpc) is 3.45. The van der Waals surface area contributed by atoms with Crippen LogP contribution < -0.4 is 5.32 Å². The Hall–Kier alpha value is -3.06. The summed E-state index contributed by atoms with van der Waals surface area (Å²) in [6, 6.07) is 12.6. The van der Waals surface area contributed by atoms with Gasteiger partial charge in [-0.15, -0.1) is 11.3 Å². The molecular weight excluding hydrogens is 408 g/mol. The van der Waals surface area contributed by atoms with E-state index >= 15 is 0 Å². The standard InChI is InChI=1S/C24H26N4O2S/c1-17(2)27-23(30)24(9-12-28(16-24)22(29)20-15-25-10-11-26-20)14-18-5-7-19(8-6-18)21-4-3-13-31-21/h3-8,10-11,13,15,17H,9,12,14,16H2,1-2H3,(H,27,30). The van der Waals surface area contributed by atoms with Gasteiger partial charge in [-0.1, -0.05) is 30.3 Å². The largest absolute Gasteiger partial charge is 0.353 e. The number of aromatic nitrogens is 2. The van der Waals surface area contributed by atoms with Crippen molar-refractivity contribution in [3.63, 3.8) is 0 Å². The van der Waals surface area contributed by atoms with Gasteiger partial charge < -0.3 is 10.2 Å². The molecule has 1 unspecified atom stereocenters. The lowest BCUT2D eigenvalue weighted by Gasteiger charge is -2.29. The summed E-state index contributed by atoms with van der Waals surface area (Å²) in [5.74, 6) is -0.181. The molecule has 1 aliphatic heterocycles. The lowest BCUT2D eigenvalue weighted by molar-refractivity contribution is -0.130. The van der Waals surface area contributed by atoms with E-state index in [0.29, 0.717) is 31.6 Å². The Morgan fingerprint density at radius 1 is 1.19 bits per heavy atom. The van der Waals surface area contributed by atoms with Crippen molar-refractivity contribution in [2.45, 2.75) is 32.7 Å². The first-order valence-electron chi connectivity index (χ1n) is 10.5. The molecule has 160 valence electrons. The monoisotopic (exact) mass is 434 g/mol. The SMILES string of the molecule is CC(C)NC(=O)C1(Cc2ccc(-c3cccs3)cc2)CCN(C(=O)c2cnccn2)C1. The van der Waals surface area contributed by atoms with Crippen LogP contribution in [0.25, 0.3) is 10.4 Å². The molecule has 2 amide bonds. The molecule has 3 aromatic rings. The van der Waals surface area contributed by atoms with Gasteiger partial charge in [0.25, 0.3) is 5.91 Å². The lowest BCUT2D eigenvalue weighted by atomic mass is 9.79. The first-order valence-corrected chi connectivity index (χ1v) is 11.3. The Kier molecular flexibility index (Phi) is 6.13. The number of carbonyl (C=O) groups excluding carboxylic acids is 2. The highest BCUT2D eigenvalue weighted by Crippen LogP contribution is 2.36. The second-order valence-corrected chi connectivity index (χ2v) is 9.27. The summed E-state index contributed by atoms with van der Waals surface area (Å²) >= 11 is 1.71. The number of rotatable bonds is 6. The minimum atomic E-state index is -0.660. The zero-order chi connectivity index (χ0) is 21.8. The molecular formula is C24H26N4O2S. The Morgan fingerprint density at radius 3 is 2.65 bits per heavy atom. The highest BCUT2D eigenvalue weighted by Gasteiger charge is 2.46. The molecule has 0 radical (unpaired) electrons. The molecule has 1 atom stereocenters. The summed E-state index contributed by atoms with van der Waals surface area (Å²) in [5.41, 5.74) is 1.91. The van der Waals surface area contributed by atoms with Crippen LogP contribution >= 0.6 is 11.3 Å². The number of likely N-dealkylation sites (tertiary alicyclic amines) is 1. The molecule has 2 aromatic heterocycles. The van der Waals surface area contributed by atoms with Crippen molar-refractivity contribution < 1.29 is 9.59 Å². The van der Waals surface area contributed by atoms with Crippen LogP contribution in [-0.2, 0) is 11.2 Å². The topological polar surface area (TPSA) is 75.2 Å². The Morgan fingerprint density at radius 2 is 2.00 bits per heavy atom. The summed E-state index contributed by atoms with van der Waals surface area (Å²) in [5, 5.41) is 5.14. The second-order valence-electron chi connectivity index (χ2n) is 8.33. The molecule has 6 nitrogen and oxygen atoms in total. The molecule has 1 aromatic carbocycles. The van der Waals surface area contributed by atoms with Crippen molar-refractivity contribution >= 4 is 23.2 Å². The average molecular weight is 435 g/mol. The minimum absolute atomic E-state index is 0.000667. The van der Waals surface area contributed by atoms with E-state index in [-0.39, 0.29) is 17.9 Å². The van der Waals surface area contributed by atoms with Crippen LogP contribution in [0.1, 0.15) is 36.3 Å². The van der Waals surface area contributed by atoms with Crippen LogP contribution in [0.4, 0.5) is 0 Å². The van der Waals surface area contributed by atoms with Crippen molar-refractivity contribution in [3.8, 4) is 10.4 Å². The van der Waals surface area contributed by atoms with Gasteiger partial charge in [0.15, 0.2) is 0 Å². The lowest BCUT2D eigenvalue weighted by Crippen LogP contribution is -2.47. The Labute approximate surface area is 186 Å². The molecule has 1 aliphatic rings. The van der Waals surface area contributed by atoms with E-state index in [4.69, 9.17) is 0 Å². The molecule has 4 rings (SSSR count). The fraction of sp³-hybridized carbons (Fsp3) is 0.333. The third kappa shape index (κ3) is 4.66. The maximum atomic E-state index is 13.3. The van der Waals surface area contributed by atoms with Gasteiger partial charge in [-0.25, -0.2) is 4.98 Å². The summed E-state index contributed by atoms with van der Waals surface area (Å²) in [7, 11) is 0. The van der Waals surface area contributed by atoms with Crippen molar-refractivity contribution in [2.75, 3.05) is 13.1 Å². The number of thiophene rings is 1. The number of nitrogens with one attached hydrogen (secondary N) is 1. The summed E-state index contributed by atoms with van der Waals surface area (Å²) in [6.07, 6.45) is 5.72. The summed E-state index contributed by atoms with van der Waals surface area (Å²) in [6.45, 7) is 4.81. The number of amides is 2. The number of benzene rings is 1. The molecule has 0 saturated carbocycles. The van der Waals surface area contributed by atoms with E-state index in [1.807, 2.05) is 19.9 Å². The van der Waals surface area contributed by atoms with Gasteiger partial charge in [-0.3, -0.25) is 14.6 Å². The molecule has 3 heterocycles. The van der Waals surface area contributed by atoms with E-state index in [2.05, 4.69) is 51.0 Å². The first kappa shape index (κ1) is 21.2. The Bertz CT molecular complexity index is 1040. The number of carbonyl (C=O) groups is 2. The Balaban J connectivity index is 1.56. The predicted molar refractivity (Wildman–Crippen MR) is 122 cm³/mol. The van der Waals surface area contributed by atoms with E-state index in [1.54, 1.807) is 22.4 Å². The van der Waals surface area contributed by atoms with Gasteiger partial charge in [0.05, 0.1) is 11.6 Å². The van der Waals surface area contributed by atoms with Gasteiger partial charge in [-0.05, 0) is 49.3 Å². The van der Waals surface area contributed by atoms with E-state index in [0.717, 1.165) is 5.56 Å². The quantitative estimate of drug-likeness (QED) is 0.640. The zero-order valence-electron chi connectivity index (χ0n) is 17.7. The maximum Gasteiger partial charge on any atom is 0.274 e. The highest BCUT2D eigenvalue weighted by atomic mass is 32.1. The molecule has 1 saturated heterocycles. The summed E-state index contributed by atoms with van der Waals surface area (Å²) in [4.78, 5) is 37.2. The van der Waals surface area contributed by atoms with Crippen molar-refractivity contribution in [1.29, 1.82) is 0 Å². The smallest absolute Gasteiger partial charge is 0.274 e. The number of hydrogen-bond donors (Lipinski definition) is 1. The van der Waals surface area contributed by atoms with Crippen LogP contribution in [0.2, 0.25) is 0 Å². The zero-order valence-corrected chi connectivity index (χ0v) is 18.6. The fourth-order valence-electron chi connectivity index (χ4n) is 4.06. The second kappa shape index (κ2) is 8.98. The van der Waals surface area contributed by atoms with Crippen LogP contribution in [0.5, 0.6) is 0 Å². The molecule has 0 spiro atoms. The van der Waals surface area contributed by atoms with Crippen LogP contribution in [0.3, 0.4) is 0 Å². The number of hydrogen-bond acceptors (Lipinski definition) is 5. The minimum Gasteiger partial charge on any atom is -0.353 e.